The summed E-state index contributed by atoms with van der Waals surface area (Å²) in [6.07, 6.45) is 5.18. The molecule has 1 amide bonds. The van der Waals surface area contributed by atoms with Crippen molar-refractivity contribution in [3.63, 3.8) is 0 Å². The molecule has 0 atom stereocenters. The maximum Gasteiger partial charge on any atom is 0.325 e. The van der Waals surface area contributed by atoms with Crippen LogP contribution >= 0.6 is 0 Å². The van der Waals surface area contributed by atoms with Crippen molar-refractivity contribution in [2.24, 2.45) is 0 Å². The molecule has 170 valence electrons. The molecule has 0 radical (unpaired) electrons. The van der Waals surface area contributed by atoms with Crippen molar-refractivity contribution in [1.82, 2.24) is 9.78 Å². The zero-order valence-electron chi connectivity index (χ0n) is 18.7. The number of ether oxygens (including phenoxy) is 1. The third kappa shape index (κ3) is 3.98. The molecule has 2 heterocycles. The lowest BCUT2D eigenvalue weighted by molar-refractivity contribution is -0.885. The van der Waals surface area contributed by atoms with E-state index < -0.39 is 11.5 Å². The van der Waals surface area contributed by atoms with Crippen molar-refractivity contribution in [2.45, 2.75) is 44.2 Å². The summed E-state index contributed by atoms with van der Waals surface area (Å²) in [4.78, 5) is 13.0. The van der Waals surface area contributed by atoms with Gasteiger partial charge in [-0.1, -0.05) is 12.1 Å². The number of nitrogens with one attached hydrogen (secondary N) is 1. The van der Waals surface area contributed by atoms with Crippen molar-refractivity contribution >= 4 is 33.4 Å². The van der Waals surface area contributed by atoms with Crippen LogP contribution in [0.15, 0.2) is 54.7 Å². The van der Waals surface area contributed by atoms with Crippen molar-refractivity contribution in [3.05, 3.63) is 60.4 Å². The van der Waals surface area contributed by atoms with Crippen LogP contribution in [0, 0.1) is 0 Å². The van der Waals surface area contributed by atoms with E-state index >= 15 is 0 Å². The number of rotatable bonds is 4. The number of methoxy groups -OCH3 is 1. The summed E-state index contributed by atoms with van der Waals surface area (Å²) in [6, 6.07) is 14.5. The number of nitrogens with zero attached hydrogens (tertiary/aromatic N) is 3. The Morgan fingerprint density at radius 3 is 2.70 bits per heavy atom. The van der Waals surface area contributed by atoms with Gasteiger partial charge in [-0.2, -0.15) is 5.10 Å². The molecule has 1 aliphatic rings. The molecule has 5 rings (SSSR count). The normalized spacial score (nSPS) is 20.8. The maximum absolute atomic E-state index is 13.0. The maximum atomic E-state index is 13.0. The molecule has 33 heavy (non-hydrogen) atoms. The zero-order chi connectivity index (χ0) is 23.2. The second-order valence-corrected chi connectivity index (χ2v) is 8.99. The van der Waals surface area contributed by atoms with Gasteiger partial charge in [-0.15, -0.1) is 0 Å². The molecule has 4 aromatic rings. The van der Waals surface area contributed by atoms with Gasteiger partial charge < -0.3 is 15.2 Å². The minimum absolute atomic E-state index is 0.112. The summed E-state index contributed by atoms with van der Waals surface area (Å²) in [5.41, 5.74) is 1.32. The summed E-state index contributed by atoms with van der Waals surface area (Å²) in [6.45, 7) is 1.88. The van der Waals surface area contributed by atoms with Gasteiger partial charge in [0.15, 0.2) is 0 Å². The van der Waals surface area contributed by atoms with Crippen LogP contribution in [-0.4, -0.2) is 38.7 Å². The summed E-state index contributed by atoms with van der Waals surface area (Å²) in [5.74, 6) is 0.0285. The first-order chi connectivity index (χ1) is 15.8. The van der Waals surface area contributed by atoms with E-state index in [1.54, 1.807) is 37.4 Å². The number of aromatic nitrogens is 3. The Bertz CT molecular complexity index is 1350. The van der Waals surface area contributed by atoms with Gasteiger partial charge in [0.25, 0.3) is 5.52 Å². The Labute approximate surface area is 191 Å². The van der Waals surface area contributed by atoms with Crippen LogP contribution in [-0.2, 0) is 0 Å². The van der Waals surface area contributed by atoms with Crippen LogP contribution in [0.5, 0.6) is 5.75 Å². The van der Waals surface area contributed by atoms with E-state index in [1.807, 2.05) is 36.0 Å². The van der Waals surface area contributed by atoms with E-state index in [1.165, 1.54) is 0 Å². The number of carbonyl (C=O) groups excluding carboxylic acids is 1. The SMILES string of the molecule is COc1cc2nn([C@H]3CC[C@](C)(O)CC3)cc2cc1NC(=O)c1ccc2ccccc2[n+]1O. The monoisotopic (exact) mass is 447 g/mol. The topological polar surface area (TPSA) is 100 Å². The highest BCUT2D eigenvalue weighted by Crippen LogP contribution is 2.36. The third-order valence-electron chi connectivity index (χ3n) is 6.54. The van der Waals surface area contributed by atoms with Crippen LogP contribution < -0.4 is 14.8 Å². The van der Waals surface area contributed by atoms with Crippen molar-refractivity contribution in [3.8, 4) is 5.75 Å². The fourth-order valence-electron chi connectivity index (χ4n) is 4.56. The molecule has 8 nitrogen and oxygen atoms in total. The number of hydrogen-bond acceptors (Lipinski definition) is 5. The minimum atomic E-state index is -0.601. The lowest BCUT2D eigenvalue weighted by atomic mass is 9.84. The van der Waals surface area contributed by atoms with Crippen LogP contribution in [0.3, 0.4) is 0 Å². The first kappa shape index (κ1) is 21.2. The quantitative estimate of drug-likeness (QED) is 0.326. The van der Waals surface area contributed by atoms with E-state index in [0.717, 1.165) is 46.7 Å². The van der Waals surface area contributed by atoms with Gasteiger partial charge in [0.05, 0.1) is 35.3 Å². The highest BCUT2D eigenvalue weighted by Gasteiger charge is 2.30. The molecule has 0 unspecified atom stereocenters. The predicted octanol–water partition coefficient (Wildman–Crippen LogP) is 3.84. The molecule has 0 saturated heterocycles. The van der Waals surface area contributed by atoms with Gasteiger partial charge in [-0.3, -0.25) is 14.7 Å². The Kier molecular flexibility index (Phi) is 5.17. The molecule has 2 aromatic carbocycles. The molecule has 8 heteroatoms. The lowest BCUT2D eigenvalue weighted by Gasteiger charge is -2.33. The first-order valence-corrected chi connectivity index (χ1v) is 11.1. The van der Waals surface area contributed by atoms with Gasteiger partial charge >= 0.3 is 11.6 Å². The zero-order valence-corrected chi connectivity index (χ0v) is 18.7. The van der Waals surface area contributed by atoms with E-state index in [4.69, 9.17) is 9.84 Å². The Morgan fingerprint density at radius 1 is 1.18 bits per heavy atom. The van der Waals surface area contributed by atoms with Crippen LogP contribution in [0.1, 0.15) is 49.1 Å². The fourth-order valence-corrected chi connectivity index (χ4v) is 4.56. The van der Waals surface area contributed by atoms with Gasteiger partial charge in [0.1, 0.15) is 5.75 Å². The van der Waals surface area contributed by atoms with Gasteiger partial charge in [-0.25, -0.2) is 0 Å². The molecular formula is C25H27N4O4+. The number of carbonyl (C=O) groups is 1. The number of aliphatic hydroxyl groups is 1. The lowest BCUT2D eigenvalue weighted by Crippen LogP contribution is -2.40. The Hall–Kier alpha value is -3.65. The second-order valence-electron chi connectivity index (χ2n) is 8.99. The number of anilines is 1. The number of pyridine rings is 1. The van der Waals surface area contributed by atoms with E-state index in [2.05, 4.69) is 5.32 Å². The number of fused-ring (bicyclic) bond motifs is 2. The minimum Gasteiger partial charge on any atom is -0.494 e. The van der Waals surface area contributed by atoms with E-state index in [9.17, 15) is 15.1 Å². The summed E-state index contributed by atoms with van der Waals surface area (Å²) in [5, 5.41) is 30.1. The highest BCUT2D eigenvalue weighted by atomic mass is 16.5. The number of hydrogen-bond donors (Lipinski definition) is 3. The van der Waals surface area contributed by atoms with E-state index in [-0.39, 0.29) is 11.7 Å². The molecule has 2 aromatic heterocycles. The van der Waals surface area contributed by atoms with Gasteiger partial charge in [0, 0.05) is 34.5 Å². The molecule has 1 aliphatic carbocycles. The Morgan fingerprint density at radius 2 is 1.94 bits per heavy atom. The summed E-state index contributed by atoms with van der Waals surface area (Å²) >= 11 is 0. The first-order valence-electron chi connectivity index (χ1n) is 11.1. The summed E-state index contributed by atoms with van der Waals surface area (Å²) in [7, 11) is 1.54. The molecule has 3 N–H and O–H groups in total. The molecule has 1 fully saturated rings. The van der Waals surface area contributed by atoms with Crippen molar-refractivity contribution < 1.29 is 24.6 Å². The van der Waals surface area contributed by atoms with Gasteiger partial charge in [-0.05, 0) is 50.8 Å². The Balaban J connectivity index is 1.44. The average Bonchev–Trinajstić information content (AvgIpc) is 3.21. The number of benzene rings is 2. The molecule has 0 bridgehead atoms. The van der Waals surface area contributed by atoms with Crippen LogP contribution in [0.4, 0.5) is 5.69 Å². The fraction of sp³-hybridized carbons (Fsp3) is 0.320. The number of amides is 1. The van der Waals surface area contributed by atoms with Crippen LogP contribution in [0.25, 0.3) is 21.8 Å². The molecule has 1 saturated carbocycles. The average molecular weight is 448 g/mol. The highest BCUT2D eigenvalue weighted by molar-refractivity contribution is 6.04. The second kappa shape index (κ2) is 8.04. The predicted molar refractivity (Wildman–Crippen MR) is 124 cm³/mol. The largest absolute Gasteiger partial charge is 0.494 e. The van der Waals surface area contributed by atoms with Crippen LogP contribution in [0.2, 0.25) is 0 Å². The van der Waals surface area contributed by atoms with Crippen molar-refractivity contribution in [2.75, 3.05) is 12.4 Å². The third-order valence-corrected chi connectivity index (χ3v) is 6.54. The number of para-hydroxylation sites is 1. The summed E-state index contributed by atoms with van der Waals surface area (Å²) < 4.78 is 8.36. The molecule has 0 aliphatic heterocycles. The smallest absolute Gasteiger partial charge is 0.325 e. The van der Waals surface area contributed by atoms with Crippen molar-refractivity contribution in [1.29, 1.82) is 0 Å². The van der Waals surface area contributed by atoms with Gasteiger partial charge in [0.2, 0.25) is 0 Å². The molecular weight excluding hydrogens is 420 g/mol. The standard InChI is InChI=1S/C25H26N4O4/c1-25(31)11-9-18(10-12-25)28-15-17-13-20(23(33-2)14-19(17)27-28)26-24(30)22-8-7-16-5-3-4-6-21(16)29(22)32/h3-8,13-15,18,31H,9-12H2,1-2H3,(H-,26,30,32)/p+1/t18-,25-. The molecule has 0 spiro atoms. The van der Waals surface area contributed by atoms with E-state index in [0.29, 0.717) is 17.0 Å².